The Morgan fingerprint density at radius 1 is 1.19 bits per heavy atom. The zero-order valence-corrected chi connectivity index (χ0v) is 13.8. The highest BCUT2D eigenvalue weighted by molar-refractivity contribution is 9.08. The number of hydrogen-bond acceptors (Lipinski definition) is 1. The van der Waals surface area contributed by atoms with Crippen LogP contribution in [0.5, 0.6) is 0 Å². The molecule has 118 valence electrons. The fourth-order valence-corrected chi connectivity index (χ4v) is 3.43. The summed E-state index contributed by atoms with van der Waals surface area (Å²) in [5, 5.41) is 0.433. The number of nitrogens with zero attached hydrogens (tertiary/aromatic N) is 1. The van der Waals surface area contributed by atoms with E-state index in [9.17, 15) is 13.2 Å². The molecular weight excluding hydrogens is 343 g/mol. The molecule has 0 amide bonds. The van der Waals surface area contributed by atoms with Gasteiger partial charge in [0.25, 0.3) is 0 Å². The number of halogens is 4. The molecule has 0 atom stereocenters. The van der Waals surface area contributed by atoms with Gasteiger partial charge in [-0.25, -0.2) is 0 Å². The summed E-state index contributed by atoms with van der Waals surface area (Å²) in [5.74, 6) is 0.515. The third kappa shape index (κ3) is 4.38. The molecule has 1 saturated carbocycles. The van der Waals surface area contributed by atoms with Gasteiger partial charge in [0.1, 0.15) is 0 Å². The zero-order valence-electron chi connectivity index (χ0n) is 12.2. The van der Waals surface area contributed by atoms with Crippen molar-refractivity contribution in [3.05, 3.63) is 29.3 Å². The average Bonchev–Trinajstić information content (AvgIpc) is 2.46. The van der Waals surface area contributed by atoms with Crippen molar-refractivity contribution >= 4 is 21.6 Å². The maximum Gasteiger partial charge on any atom is 0.418 e. The average molecular weight is 364 g/mol. The summed E-state index contributed by atoms with van der Waals surface area (Å²) in [6, 6.07) is 4.61. The van der Waals surface area contributed by atoms with Crippen LogP contribution >= 0.6 is 15.9 Å². The summed E-state index contributed by atoms with van der Waals surface area (Å²) >= 11 is 3.22. The second-order valence-electron chi connectivity index (χ2n) is 5.87. The molecule has 0 N–H and O–H groups in total. The lowest BCUT2D eigenvalue weighted by atomic mass is 9.89. The molecule has 1 aromatic carbocycles. The van der Waals surface area contributed by atoms with E-state index in [1.165, 1.54) is 25.3 Å². The Kier molecular flexibility index (Phi) is 5.58. The van der Waals surface area contributed by atoms with E-state index < -0.39 is 11.7 Å². The van der Waals surface area contributed by atoms with Crippen molar-refractivity contribution in [2.75, 3.05) is 18.5 Å². The van der Waals surface area contributed by atoms with Crippen LogP contribution in [0.15, 0.2) is 18.2 Å². The molecule has 0 bridgehead atoms. The van der Waals surface area contributed by atoms with Crippen LogP contribution in [0.25, 0.3) is 0 Å². The van der Waals surface area contributed by atoms with Crippen molar-refractivity contribution in [1.29, 1.82) is 0 Å². The van der Waals surface area contributed by atoms with Crippen LogP contribution in [0, 0.1) is 5.92 Å². The number of rotatable bonds is 4. The van der Waals surface area contributed by atoms with E-state index in [1.54, 1.807) is 24.1 Å². The lowest BCUT2D eigenvalue weighted by molar-refractivity contribution is -0.137. The van der Waals surface area contributed by atoms with Crippen LogP contribution < -0.4 is 4.90 Å². The largest absolute Gasteiger partial charge is 0.418 e. The molecule has 0 saturated heterocycles. The highest BCUT2D eigenvalue weighted by atomic mass is 79.9. The summed E-state index contributed by atoms with van der Waals surface area (Å²) in [6.07, 6.45) is 1.61. The first kappa shape index (κ1) is 16.7. The molecule has 0 unspecified atom stereocenters. The lowest BCUT2D eigenvalue weighted by Crippen LogP contribution is -2.28. The topological polar surface area (TPSA) is 3.24 Å². The third-order valence-corrected chi connectivity index (χ3v) is 4.84. The van der Waals surface area contributed by atoms with Crippen LogP contribution in [-0.4, -0.2) is 13.6 Å². The molecule has 21 heavy (non-hydrogen) atoms. The normalized spacial score (nSPS) is 17.0. The Hall–Kier alpha value is -0.710. The minimum absolute atomic E-state index is 0.290. The molecule has 0 spiro atoms. The van der Waals surface area contributed by atoms with Crippen molar-refractivity contribution in [3.8, 4) is 0 Å². The third-order valence-electron chi connectivity index (χ3n) is 4.19. The summed E-state index contributed by atoms with van der Waals surface area (Å²) in [5.41, 5.74) is 0.410. The number of alkyl halides is 4. The zero-order chi connectivity index (χ0) is 15.5. The molecule has 2 rings (SSSR count). The van der Waals surface area contributed by atoms with E-state index in [2.05, 4.69) is 15.9 Å². The highest BCUT2D eigenvalue weighted by Crippen LogP contribution is 2.38. The monoisotopic (exact) mass is 363 g/mol. The Labute approximate surface area is 132 Å². The molecule has 0 aliphatic heterocycles. The van der Waals surface area contributed by atoms with E-state index in [4.69, 9.17) is 0 Å². The van der Waals surface area contributed by atoms with Gasteiger partial charge in [-0.15, -0.1) is 0 Å². The minimum atomic E-state index is -4.31. The number of benzene rings is 1. The summed E-state index contributed by atoms with van der Waals surface area (Å²) < 4.78 is 39.8. The Morgan fingerprint density at radius 3 is 2.43 bits per heavy atom. The van der Waals surface area contributed by atoms with Crippen molar-refractivity contribution in [3.63, 3.8) is 0 Å². The maximum absolute atomic E-state index is 13.3. The Bertz CT molecular complexity index is 467. The Morgan fingerprint density at radius 2 is 1.86 bits per heavy atom. The molecule has 0 aromatic heterocycles. The molecule has 1 aromatic rings. The van der Waals surface area contributed by atoms with Crippen molar-refractivity contribution in [2.45, 2.75) is 43.6 Å². The first-order chi connectivity index (χ1) is 9.91. The van der Waals surface area contributed by atoms with E-state index in [1.807, 2.05) is 0 Å². The van der Waals surface area contributed by atoms with Crippen molar-refractivity contribution in [2.24, 2.45) is 5.92 Å². The van der Waals surface area contributed by atoms with Crippen LogP contribution in [0.4, 0.5) is 18.9 Å². The Balaban J connectivity index is 2.20. The van der Waals surface area contributed by atoms with Gasteiger partial charge in [0.15, 0.2) is 0 Å². The fraction of sp³-hybridized carbons (Fsp3) is 0.625. The van der Waals surface area contributed by atoms with Gasteiger partial charge in [0.05, 0.1) is 5.56 Å². The lowest BCUT2D eigenvalue weighted by Gasteiger charge is -2.30. The smallest absolute Gasteiger partial charge is 0.374 e. The highest BCUT2D eigenvalue weighted by Gasteiger charge is 2.35. The predicted octanol–water partition coefficient (Wildman–Crippen LogP) is 5.62. The fourth-order valence-electron chi connectivity index (χ4n) is 3.08. The van der Waals surface area contributed by atoms with E-state index in [0.29, 0.717) is 23.4 Å². The van der Waals surface area contributed by atoms with Gasteiger partial charge in [-0.05, 0) is 36.5 Å². The van der Waals surface area contributed by atoms with Gasteiger partial charge < -0.3 is 4.90 Å². The first-order valence-electron chi connectivity index (χ1n) is 7.39. The van der Waals surface area contributed by atoms with Gasteiger partial charge in [-0.1, -0.05) is 41.3 Å². The second-order valence-corrected chi connectivity index (χ2v) is 6.43. The van der Waals surface area contributed by atoms with Gasteiger partial charge in [-0.3, -0.25) is 0 Å². The minimum Gasteiger partial charge on any atom is -0.374 e. The van der Waals surface area contributed by atoms with Crippen LogP contribution in [0.3, 0.4) is 0 Å². The summed E-state index contributed by atoms with van der Waals surface area (Å²) in [7, 11) is 1.77. The molecule has 0 heterocycles. The summed E-state index contributed by atoms with van der Waals surface area (Å²) in [6.45, 7) is 0.705. The standard InChI is InChI=1S/C16H21BrF3N/c1-21(11-12-5-3-2-4-6-12)15-8-7-13(10-17)9-14(15)16(18,19)20/h7-9,12H,2-6,10-11H2,1H3. The van der Waals surface area contributed by atoms with Gasteiger partial charge >= 0.3 is 6.18 Å². The first-order valence-corrected chi connectivity index (χ1v) is 8.51. The van der Waals surface area contributed by atoms with Crippen molar-refractivity contribution < 1.29 is 13.2 Å². The SMILES string of the molecule is CN(CC1CCCCC1)c1ccc(CBr)cc1C(F)(F)F. The van der Waals surface area contributed by atoms with Gasteiger partial charge in [-0.2, -0.15) is 13.2 Å². The maximum atomic E-state index is 13.3. The molecule has 1 fully saturated rings. The van der Waals surface area contributed by atoms with Crippen molar-refractivity contribution in [1.82, 2.24) is 0 Å². The molecule has 5 heteroatoms. The molecule has 1 aliphatic carbocycles. The van der Waals surface area contributed by atoms with Gasteiger partial charge in [0, 0.05) is 24.6 Å². The van der Waals surface area contributed by atoms with E-state index in [0.717, 1.165) is 12.8 Å². The van der Waals surface area contributed by atoms with Crippen LogP contribution in [0.2, 0.25) is 0 Å². The van der Waals surface area contributed by atoms with E-state index in [-0.39, 0.29) is 5.69 Å². The van der Waals surface area contributed by atoms with Crippen LogP contribution in [0.1, 0.15) is 43.2 Å². The van der Waals surface area contributed by atoms with E-state index >= 15 is 0 Å². The predicted molar refractivity (Wildman–Crippen MR) is 83.9 cm³/mol. The molecular formula is C16H21BrF3N. The van der Waals surface area contributed by atoms with Crippen LogP contribution in [-0.2, 0) is 11.5 Å². The second kappa shape index (κ2) is 7.03. The molecule has 1 nitrogen and oxygen atoms in total. The summed E-state index contributed by atoms with van der Waals surface area (Å²) in [4.78, 5) is 1.77. The molecule has 1 aliphatic rings. The van der Waals surface area contributed by atoms with Gasteiger partial charge in [0.2, 0.25) is 0 Å². The molecule has 0 radical (unpaired) electrons. The number of anilines is 1. The quantitative estimate of drug-likeness (QED) is 0.627. The number of hydrogen-bond donors (Lipinski definition) is 0.